The summed E-state index contributed by atoms with van der Waals surface area (Å²) in [5.41, 5.74) is 0. The van der Waals surface area contributed by atoms with Crippen LogP contribution < -0.4 is 14.8 Å². The number of ether oxygens (including phenoxy) is 2. The van der Waals surface area contributed by atoms with Crippen LogP contribution in [0.5, 0.6) is 11.5 Å². The van der Waals surface area contributed by atoms with E-state index >= 15 is 0 Å². The summed E-state index contributed by atoms with van der Waals surface area (Å²) in [7, 11) is 0. The van der Waals surface area contributed by atoms with Crippen LogP contribution in [0.3, 0.4) is 0 Å². The third-order valence-corrected chi connectivity index (χ3v) is 3.87. The molecule has 4 nitrogen and oxygen atoms in total. The van der Waals surface area contributed by atoms with Crippen molar-refractivity contribution in [1.82, 2.24) is 5.32 Å². The van der Waals surface area contributed by atoms with E-state index in [1.54, 1.807) is 11.3 Å². The lowest BCUT2D eigenvalue weighted by Gasteiger charge is -2.11. The van der Waals surface area contributed by atoms with Gasteiger partial charge in [-0.05, 0) is 36.9 Å². The van der Waals surface area contributed by atoms with Crippen LogP contribution >= 0.6 is 11.3 Å². The van der Waals surface area contributed by atoms with Gasteiger partial charge < -0.3 is 14.8 Å². The highest BCUT2D eigenvalue weighted by molar-refractivity contribution is 7.09. The molecule has 0 unspecified atom stereocenters. The molecule has 1 aromatic carbocycles. The van der Waals surface area contributed by atoms with Gasteiger partial charge in [-0.1, -0.05) is 18.2 Å². The molecular weight excluding hydrogens is 298 g/mol. The number of amides is 1. The first-order valence-electron chi connectivity index (χ1n) is 7.43. The van der Waals surface area contributed by atoms with Crippen molar-refractivity contribution >= 4 is 17.2 Å². The first kappa shape index (κ1) is 16.4. The summed E-state index contributed by atoms with van der Waals surface area (Å²) in [5, 5.41) is 4.91. The average Bonchev–Trinajstić information content (AvgIpc) is 3.05. The van der Waals surface area contributed by atoms with Crippen LogP contribution in [0.2, 0.25) is 0 Å². The fraction of sp³-hybridized carbons (Fsp3) is 0.353. The van der Waals surface area contributed by atoms with E-state index in [-0.39, 0.29) is 5.91 Å². The van der Waals surface area contributed by atoms with Gasteiger partial charge in [0.1, 0.15) is 0 Å². The molecule has 2 rings (SSSR count). The molecule has 0 atom stereocenters. The third-order valence-electron chi connectivity index (χ3n) is 2.99. The first-order chi connectivity index (χ1) is 10.8. The fourth-order valence-electron chi connectivity index (χ4n) is 1.95. The summed E-state index contributed by atoms with van der Waals surface area (Å²) in [4.78, 5) is 12.9. The summed E-state index contributed by atoms with van der Waals surface area (Å²) < 4.78 is 11.2. The Hall–Kier alpha value is -2.01. The average molecular weight is 319 g/mol. The Balaban J connectivity index is 1.65. The van der Waals surface area contributed by atoms with Gasteiger partial charge >= 0.3 is 0 Å². The van der Waals surface area contributed by atoms with Gasteiger partial charge in [0.15, 0.2) is 11.5 Å². The van der Waals surface area contributed by atoms with Gasteiger partial charge in [0.2, 0.25) is 5.91 Å². The van der Waals surface area contributed by atoms with Gasteiger partial charge in [0.25, 0.3) is 0 Å². The predicted molar refractivity (Wildman–Crippen MR) is 88.5 cm³/mol. The minimum absolute atomic E-state index is 0.0510. The number of nitrogens with one attached hydrogen (secondary N) is 1. The molecule has 22 heavy (non-hydrogen) atoms. The maximum Gasteiger partial charge on any atom is 0.220 e. The number of carbonyl (C=O) groups is 1. The molecule has 0 bridgehead atoms. The van der Waals surface area contributed by atoms with Gasteiger partial charge in [-0.3, -0.25) is 4.79 Å². The molecule has 1 heterocycles. The first-order valence-corrected chi connectivity index (χ1v) is 8.31. The number of thiophene rings is 1. The van der Waals surface area contributed by atoms with Crippen molar-refractivity contribution in [3.8, 4) is 11.5 Å². The normalized spacial score (nSPS) is 10.2. The summed E-state index contributed by atoms with van der Waals surface area (Å²) in [6, 6.07) is 11.6. The largest absolute Gasteiger partial charge is 0.490 e. The van der Waals surface area contributed by atoms with Crippen molar-refractivity contribution in [3.63, 3.8) is 0 Å². The molecule has 0 aliphatic rings. The summed E-state index contributed by atoms with van der Waals surface area (Å²) in [6.45, 7) is 3.64. The van der Waals surface area contributed by atoms with Crippen LogP contribution in [0.4, 0.5) is 0 Å². The molecule has 0 saturated heterocycles. The summed E-state index contributed by atoms with van der Waals surface area (Å²) in [5.74, 6) is 1.52. The lowest BCUT2D eigenvalue weighted by molar-refractivity contribution is -0.121. The lowest BCUT2D eigenvalue weighted by atomic mass is 10.3. The van der Waals surface area contributed by atoms with Crippen LogP contribution in [-0.4, -0.2) is 19.1 Å². The van der Waals surface area contributed by atoms with Crippen molar-refractivity contribution in [2.24, 2.45) is 0 Å². The van der Waals surface area contributed by atoms with E-state index in [4.69, 9.17) is 9.47 Å². The van der Waals surface area contributed by atoms with E-state index in [1.807, 2.05) is 48.7 Å². The Kier molecular flexibility index (Phi) is 6.77. The molecule has 5 heteroatoms. The molecular formula is C17H21NO3S. The molecule has 0 aliphatic carbocycles. The third kappa shape index (κ3) is 5.41. The Labute approximate surface area is 135 Å². The highest BCUT2D eigenvalue weighted by atomic mass is 32.1. The second-order valence-corrected chi connectivity index (χ2v) is 5.72. The monoisotopic (exact) mass is 319 g/mol. The molecule has 1 aromatic heterocycles. The van der Waals surface area contributed by atoms with Crippen molar-refractivity contribution in [2.45, 2.75) is 26.3 Å². The van der Waals surface area contributed by atoms with Crippen molar-refractivity contribution in [1.29, 1.82) is 0 Å². The number of para-hydroxylation sites is 2. The fourth-order valence-corrected chi connectivity index (χ4v) is 2.59. The van der Waals surface area contributed by atoms with E-state index in [0.717, 1.165) is 16.4 Å². The highest BCUT2D eigenvalue weighted by Gasteiger charge is 2.05. The minimum Gasteiger partial charge on any atom is -0.490 e. The molecule has 0 aliphatic heterocycles. The number of hydrogen-bond acceptors (Lipinski definition) is 4. The molecule has 0 fully saturated rings. The SMILES string of the molecule is CCOc1ccccc1OCCCC(=O)NCc1cccs1. The molecule has 0 spiro atoms. The Morgan fingerprint density at radius 3 is 2.59 bits per heavy atom. The Bertz CT molecular complexity index is 569. The lowest BCUT2D eigenvalue weighted by Crippen LogP contribution is -2.22. The van der Waals surface area contributed by atoms with E-state index in [1.165, 1.54) is 0 Å². The second kappa shape index (κ2) is 9.10. The van der Waals surface area contributed by atoms with Crippen LogP contribution in [0.1, 0.15) is 24.6 Å². The van der Waals surface area contributed by atoms with Gasteiger partial charge in [0.05, 0.1) is 19.8 Å². The molecule has 1 amide bonds. The van der Waals surface area contributed by atoms with Crippen molar-refractivity contribution in [2.75, 3.05) is 13.2 Å². The summed E-state index contributed by atoms with van der Waals surface area (Å²) in [6.07, 6.45) is 1.14. The topological polar surface area (TPSA) is 47.6 Å². The van der Waals surface area contributed by atoms with Crippen molar-refractivity contribution < 1.29 is 14.3 Å². The van der Waals surface area contributed by atoms with Gasteiger partial charge in [-0.2, -0.15) is 0 Å². The second-order valence-electron chi connectivity index (χ2n) is 4.69. The van der Waals surface area contributed by atoms with Gasteiger partial charge in [-0.15, -0.1) is 11.3 Å². The Morgan fingerprint density at radius 1 is 1.14 bits per heavy atom. The maximum atomic E-state index is 11.7. The zero-order chi connectivity index (χ0) is 15.6. The van der Waals surface area contributed by atoms with Gasteiger partial charge in [0, 0.05) is 11.3 Å². The number of rotatable bonds is 9. The number of hydrogen-bond donors (Lipinski definition) is 1. The maximum absolute atomic E-state index is 11.7. The molecule has 0 saturated carbocycles. The number of carbonyl (C=O) groups excluding carboxylic acids is 1. The molecule has 1 N–H and O–H groups in total. The Morgan fingerprint density at radius 2 is 1.91 bits per heavy atom. The minimum atomic E-state index is 0.0510. The zero-order valence-corrected chi connectivity index (χ0v) is 13.5. The molecule has 0 radical (unpaired) electrons. The molecule has 118 valence electrons. The smallest absolute Gasteiger partial charge is 0.220 e. The highest BCUT2D eigenvalue weighted by Crippen LogP contribution is 2.26. The van der Waals surface area contributed by atoms with E-state index < -0.39 is 0 Å². The van der Waals surface area contributed by atoms with Gasteiger partial charge in [-0.25, -0.2) is 0 Å². The predicted octanol–water partition coefficient (Wildman–Crippen LogP) is 3.62. The van der Waals surface area contributed by atoms with E-state index in [2.05, 4.69) is 5.32 Å². The standard InChI is InChI=1S/C17H21NO3S/c1-2-20-15-8-3-4-9-16(15)21-11-5-10-17(19)18-13-14-7-6-12-22-14/h3-4,6-9,12H,2,5,10-11,13H2,1H3,(H,18,19). The van der Waals surface area contributed by atoms with E-state index in [9.17, 15) is 4.79 Å². The van der Waals surface area contributed by atoms with Crippen LogP contribution in [0.25, 0.3) is 0 Å². The zero-order valence-electron chi connectivity index (χ0n) is 12.7. The van der Waals surface area contributed by atoms with Crippen LogP contribution in [0.15, 0.2) is 41.8 Å². The van der Waals surface area contributed by atoms with Crippen LogP contribution in [0, 0.1) is 0 Å². The van der Waals surface area contributed by atoms with E-state index in [0.29, 0.717) is 32.6 Å². The molecule has 2 aromatic rings. The van der Waals surface area contributed by atoms with Crippen LogP contribution in [-0.2, 0) is 11.3 Å². The number of benzene rings is 1. The van der Waals surface area contributed by atoms with Crippen molar-refractivity contribution in [3.05, 3.63) is 46.7 Å². The quantitative estimate of drug-likeness (QED) is 0.718. The summed E-state index contributed by atoms with van der Waals surface area (Å²) >= 11 is 1.64.